The summed E-state index contributed by atoms with van der Waals surface area (Å²) in [4.78, 5) is 11.6. The largest absolute Gasteiger partial charge is 0.478 e. The first kappa shape index (κ1) is 17.6. The van der Waals surface area contributed by atoms with Crippen molar-refractivity contribution in [2.24, 2.45) is 0 Å². The molecule has 1 atom stereocenters. The fourth-order valence-corrected chi connectivity index (χ4v) is 2.76. The van der Waals surface area contributed by atoms with Crippen LogP contribution in [0.5, 0.6) is 5.75 Å². The predicted octanol–water partition coefficient (Wildman–Crippen LogP) is 4.99. The van der Waals surface area contributed by atoms with Gasteiger partial charge in [0.2, 0.25) is 0 Å². The molecule has 0 fully saturated rings. The Hall–Kier alpha value is -1.71. The molecule has 0 saturated heterocycles. The van der Waals surface area contributed by atoms with Gasteiger partial charge in [-0.2, -0.15) is 0 Å². The monoisotopic (exact) mass is 352 g/mol. The minimum Gasteiger partial charge on any atom is -0.478 e. The number of rotatable bonds is 5. The van der Waals surface area contributed by atoms with Crippen LogP contribution in [0, 0.1) is 20.8 Å². The fourth-order valence-electron chi connectivity index (χ4n) is 2.36. The highest BCUT2D eigenvalue weighted by molar-refractivity contribution is 6.42. The van der Waals surface area contributed by atoms with Crippen molar-refractivity contribution < 1.29 is 14.6 Å². The summed E-state index contributed by atoms with van der Waals surface area (Å²) < 4.78 is 5.77. The predicted molar refractivity (Wildman–Crippen MR) is 92.9 cm³/mol. The molecule has 0 aromatic heterocycles. The first-order valence-corrected chi connectivity index (χ1v) is 7.95. The quantitative estimate of drug-likeness (QED) is 0.823. The molecular formula is C18H18Cl2O3. The van der Waals surface area contributed by atoms with Gasteiger partial charge in [0.15, 0.2) is 6.10 Å². The average Bonchev–Trinajstić information content (AvgIpc) is 2.47. The molecular weight excluding hydrogens is 335 g/mol. The number of carbonyl (C=O) groups is 1. The Labute approximate surface area is 145 Å². The van der Waals surface area contributed by atoms with Gasteiger partial charge in [-0.1, -0.05) is 41.4 Å². The molecule has 3 nitrogen and oxygen atoms in total. The van der Waals surface area contributed by atoms with Crippen molar-refractivity contribution in [3.05, 3.63) is 62.6 Å². The molecule has 0 amide bonds. The van der Waals surface area contributed by atoms with Crippen molar-refractivity contribution in [2.75, 3.05) is 0 Å². The van der Waals surface area contributed by atoms with E-state index in [4.69, 9.17) is 27.9 Å². The lowest BCUT2D eigenvalue weighted by Gasteiger charge is -2.19. The SMILES string of the molecule is Cc1cc(C)c(C)c(O[C@@H](Cc2cccc(Cl)c2Cl)C(=O)O)c1. The van der Waals surface area contributed by atoms with Gasteiger partial charge in [-0.15, -0.1) is 0 Å². The number of ether oxygens (including phenoxy) is 1. The lowest BCUT2D eigenvalue weighted by atomic mass is 10.0. The van der Waals surface area contributed by atoms with Crippen molar-refractivity contribution in [3.63, 3.8) is 0 Å². The van der Waals surface area contributed by atoms with Crippen LogP contribution in [0.25, 0.3) is 0 Å². The van der Waals surface area contributed by atoms with Crippen LogP contribution < -0.4 is 4.74 Å². The highest BCUT2D eigenvalue weighted by Gasteiger charge is 2.23. The zero-order valence-electron chi connectivity index (χ0n) is 13.2. The second-order valence-corrected chi connectivity index (χ2v) is 6.35. The van der Waals surface area contributed by atoms with Gasteiger partial charge in [0.25, 0.3) is 0 Å². The molecule has 0 aliphatic rings. The second-order valence-electron chi connectivity index (χ2n) is 5.57. The lowest BCUT2D eigenvalue weighted by molar-refractivity contribution is -0.145. The number of carboxylic acids is 1. The van der Waals surface area contributed by atoms with Crippen molar-refractivity contribution in [2.45, 2.75) is 33.3 Å². The van der Waals surface area contributed by atoms with E-state index in [0.717, 1.165) is 16.7 Å². The zero-order valence-corrected chi connectivity index (χ0v) is 14.7. The first-order valence-electron chi connectivity index (χ1n) is 7.19. The Bertz CT molecular complexity index is 741. The summed E-state index contributed by atoms with van der Waals surface area (Å²) >= 11 is 12.1. The molecule has 2 aromatic rings. The van der Waals surface area contributed by atoms with Gasteiger partial charge in [-0.05, 0) is 55.2 Å². The summed E-state index contributed by atoms with van der Waals surface area (Å²) in [5.74, 6) is -0.465. The molecule has 2 rings (SSSR count). The van der Waals surface area contributed by atoms with Gasteiger partial charge in [0, 0.05) is 6.42 Å². The molecule has 0 radical (unpaired) electrons. The second kappa shape index (κ2) is 7.24. The van der Waals surface area contributed by atoms with Crippen LogP contribution in [0.2, 0.25) is 10.0 Å². The van der Waals surface area contributed by atoms with E-state index >= 15 is 0 Å². The van der Waals surface area contributed by atoms with Crippen LogP contribution in [0.3, 0.4) is 0 Å². The smallest absolute Gasteiger partial charge is 0.345 e. The van der Waals surface area contributed by atoms with Crippen LogP contribution in [0.4, 0.5) is 0 Å². The number of aryl methyl sites for hydroxylation is 2. The molecule has 0 spiro atoms. The third-order valence-corrected chi connectivity index (χ3v) is 4.60. The van der Waals surface area contributed by atoms with Crippen molar-refractivity contribution in [1.29, 1.82) is 0 Å². The van der Waals surface area contributed by atoms with Gasteiger partial charge in [-0.25, -0.2) is 4.79 Å². The van der Waals surface area contributed by atoms with Crippen molar-refractivity contribution >= 4 is 29.2 Å². The number of carboxylic acid groups (broad SMARTS) is 1. The van der Waals surface area contributed by atoms with E-state index in [1.54, 1.807) is 18.2 Å². The number of halogens is 2. The van der Waals surface area contributed by atoms with E-state index in [9.17, 15) is 9.90 Å². The third-order valence-electron chi connectivity index (χ3n) is 3.75. The Morgan fingerprint density at radius 2 is 1.91 bits per heavy atom. The number of benzene rings is 2. The molecule has 0 bridgehead atoms. The fraction of sp³-hybridized carbons (Fsp3) is 0.278. The number of hydrogen-bond acceptors (Lipinski definition) is 2. The molecule has 2 aromatic carbocycles. The summed E-state index contributed by atoms with van der Waals surface area (Å²) in [6, 6.07) is 9.04. The third kappa shape index (κ3) is 4.18. The maximum absolute atomic E-state index is 11.6. The van der Waals surface area contributed by atoms with Gasteiger partial charge in [-0.3, -0.25) is 0 Å². The molecule has 0 aliphatic carbocycles. The van der Waals surface area contributed by atoms with E-state index in [1.165, 1.54) is 0 Å². The normalized spacial score (nSPS) is 12.0. The van der Waals surface area contributed by atoms with E-state index in [0.29, 0.717) is 21.4 Å². The highest BCUT2D eigenvalue weighted by atomic mass is 35.5. The number of hydrogen-bond donors (Lipinski definition) is 1. The van der Waals surface area contributed by atoms with E-state index in [1.807, 2.05) is 32.9 Å². The standard InChI is InChI=1S/C18H18Cl2O3/c1-10-7-11(2)12(3)15(8-10)23-16(18(21)22)9-13-5-4-6-14(19)17(13)20/h4-8,16H,9H2,1-3H3,(H,21,22)/t16-/m0/s1. The molecule has 1 N–H and O–H groups in total. The van der Waals surface area contributed by atoms with E-state index in [2.05, 4.69) is 0 Å². The van der Waals surface area contributed by atoms with Crippen molar-refractivity contribution in [1.82, 2.24) is 0 Å². The van der Waals surface area contributed by atoms with Crippen molar-refractivity contribution in [3.8, 4) is 5.75 Å². The molecule has 0 heterocycles. The first-order chi connectivity index (χ1) is 10.8. The molecule has 5 heteroatoms. The molecule has 0 saturated carbocycles. The molecule has 122 valence electrons. The maximum atomic E-state index is 11.6. The van der Waals surface area contributed by atoms with Crippen LogP contribution in [-0.4, -0.2) is 17.2 Å². The highest BCUT2D eigenvalue weighted by Crippen LogP contribution is 2.29. The number of aliphatic carboxylic acids is 1. The van der Waals surface area contributed by atoms with Crippen LogP contribution in [-0.2, 0) is 11.2 Å². The summed E-state index contributed by atoms with van der Waals surface area (Å²) in [6.07, 6.45) is -0.896. The maximum Gasteiger partial charge on any atom is 0.345 e. The Morgan fingerprint density at radius 3 is 2.57 bits per heavy atom. The lowest BCUT2D eigenvalue weighted by Crippen LogP contribution is -2.30. The Balaban J connectivity index is 2.30. The molecule has 0 unspecified atom stereocenters. The van der Waals surface area contributed by atoms with Crippen LogP contribution in [0.1, 0.15) is 22.3 Å². The molecule has 23 heavy (non-hydrogen) atoms. The van der Waals surface area contributed by atoms with Gasteiger partial charge in [0.1, 0.15) is 5.75 Å². The zero-order chi connectivity index (χ0) is 17.1. The topological polar surface area (TPSA) is 46.5 Å². The Morgan fingerprint density at radius 1 is 1.22 bits per heavy atom. The molecule has 0 aliphatic heterocycles. The van der Waals surface area contributed by atoms with E-state index in [-0.39, 0.29) is 6.42 Å². The minimum atomic E-state index is -1.04. The average molecular weight is 353 g/mol. The van der Waals surface area contributed by atoms with Gasteiger partial charge >= 0.3 is 5.97 Å². The van der Waals surface area contributed by atoms with E-state index < -0.39 is 12.1 Å². The summed E-state index contributed by atoms with van der Waals surface area (Å²) in [7, 11) is 0. The Kier molecular flexibility index (Phi) is 5.55. The van der Waals surface area contributed by atoms with Crippen LogP contribution >= 0.6 is 23.2 Å². The summed E-state index contributed by atoms with van der Waals surface area (Å²) in [6.45, 7) is 5.83. The van der Waals surface area contributed by atoms with Crippen LogP contribution in [0.15, 0.2) is 30.3 Å². The summed E-state index contributed by atoms with van der Waals surface area (Å²) in [5, 5.41) is 10.2. The summed E-state index contributed by atoms with van der Waals surface area (Å²) in [5.41, 5.74) is 3.66. The minimum absolute atomic E-state index is 0.140. The van der Waals surface area contributed by atoms with Gasteiger partial charge in [0.05, 0.1) is 10.0 Å². The van der Waals surface area contributed by atoms with Gasteiger partial charge < -0.3 is 9.84 Å².